The second-order valence-electron chi connectivity index (χ2n) is 6.22. The molecule has 0 bridgehead atoms. The summed E-state index contributed by atoms with van der Waals surface area (Å²) in [5.74, 6) is -0.348. The fourth-order valence-corrected chi connectivity index (χ4v) is 2.78. The van der Waals surface area contributed by atoms with Gasteiger partial charge in [-0.3, -0.25) is 4.79 Å². The minimum atomic E-state index is -0.559. The maximum atomic E-state index is 13.0. The maximum Gasteiger partial charge on any atom is 0.225 e. The minimum absolute atomic E-state index is 0.0657. The van der Waals surface area contributed by atoms with Crippen molar-refractivity contribution in [3.8, 4) is 0 Å². The average molecular weight is 310 g/mol. The smallest absolute Gasteiger partial charge is 0.225 e. The van der Waals surface area contributed by atoms with Crippen LogP contribution in [0.25, 0.3) is 10.9 Å². The zero-order valence-corrected chi connectivity index (χ0v) is 13.2. The molecule has 3 aromatic rings. The summed E-state index contributed by atoms with van der Waals surface area (Å²) < 4.78 is 13.0. The minimum Gasteiger partial charge on any atom is -0.361 e. The van der Waals surface area contributed by atoms with E-state index in [0.29, 0.717) is 6.42 Å². The molecule has 118 valence electrons. The monoisotopic (exact) mass is 310 g/mol. The van der Waals surface area contributed by atoms with E-state index in [9.17, 15) is 9.18 Å². The van der Waals surface area contributed by atoms with Gasteiger partial charge in [-0.2, -0.15) is 0 Å². The third-order valence-electron chi connectivity index (χ3n) is 4.04. The van der Waals surface area contributed by atoms with Gasteiger partial charge in [-0.1, -0.05) is 30.3 Å². The summed E-state index contributed by atoms with van der Waals surface area (Å²) in [5, 5.41) is 4.08. The molecular formula is C19H19FN2O. The lowest BCUT2D eigenvalue weighted by molar-refractivity contribution is -0.122. The van der Waals surface area contributed by atoms with Crippen molar-refractivity contribution in [3.63, 3.8) is 0 Å². The lowest BCUT2D eigenvalue weighted by Gasteiger charge is -2.27. The first-order valence-corrected chi connectivity index (χ1v) is 7.58. The van der Waals surface area contributed by atoms with Gasteiger partial charge < -0.3 is 10.3 Å². The Kier molecular flexibility index (Phi) is 3.90. The van der Waals surface area contributed by atoms with Crippen LogP contribution in [0.15, 0.2) is 54.7 Å². The molecule has 2 aromatic carbocycles. The van der Waals surface area contributed by atoms with Crippen molar-refractivity contribution in [1.82, 2.24) is 10.3 Å². The molecule has 1 amide bonds. The van der Waals surface area contributed by atoms with E-state index in [1.807, 2.05) is 44.3 Å². The Balaban J connectivity index is 1.74. The van der Waals surface area contributed by atoms with E-state index in [1.54, 1.807) is 12.1 Å². The molecular weight excluding hydrogens is 291 g/mol. The van der Waals surface area contributed by atoms with Crippen LogP contribution in [-0.2, 0) is 16.8 Å². The SMILES string of the molecule is CC(C)(NC(=O)Cc1c[nH]c2ccccc12)c1ccc(F)cc1. The Hall–Kier alpha value is -2.62. The van der Waals surface area contributed by atoms with E-state index in [1.165, 1.54) is 12.1 Å². The van der Waals surface area contributed by atoms with Crippen LogP contribution in [0, 0.1) is 5.82 Å². The second kappa shape index (κ2) is 5.88. The number of hydrogen-bond acceptors (Lipinski definition) is 1. The van der Waals surface area contributed by atoms with Crippen molar-refractivity contribution in [3.05, 3.63) is 71.7 Å². The standard InChI is InChI=1S/C19H19FN2O/c1-19(2,14-7-9-15(20)10-8-14)22-18(23)11-13-12-21-17-6-4-3-5-16(13)17/h3-10,12,21H,11H2,1-2H3,(H,22,23). The summed E-state index contributed by atoms with van der Waals surface area (Å²) >= 11 is 0. The Morgan fingerprint density at radius 3 is 2.57 bits per heavy atom. The summed E-state index contributed by atoms with van der Waals surface area (Å²) in [6.45, 7) is 3.82. The van der Waals surface area contributed by atoms with E-state index in [4.69, 9.17) is 0 Å². The number of rotatable bonds is 4. The van der Waals surface area contributed by atoms with Crippen molar-refractivity contribution in [2.24, 2.45) is 0 Å². The molecule has 0 aliphatic carbocycles. The molecule has 2 N–H and O–H groups in total. The van der Waals surface area contributed by atoms with Crippen LogP contribution in [0.4, 0.5) is 4.39 Å². The van der Waals surface area contributed by atoms with Gasteiger partial charge in [0.25, 0.3) is 0 Å². The topological polar surface area (TPSA) is 44.9 Å². The average Bonchev–Trinajstić information content (AvgIpc) is 2.90. The molecule has 0 radical (unpaired) electrons. The molecule has 4 heteroatoms. The Morgan fingerprint density at radius 1 is 1.13 bits per heavy atom. The Morgan fingerprint density at radius 2 is 1.83 bits per heavy atom. The summed E-state index contributed by atoms with van der Waals surface area (Å²) in [6, 6.07) is 14.1. The van der Waals surface area contributed by atoms with Crippen LogP contribution >= 0.6 is 0 Å². The van der Waals surface area contributed by atoms with Crippen LogP contribution in [0.2, 0.25) is 0 Å². The van der Waals surface area contributed by atoms with Gasteiger partial charge in [-0.05, 0) is 43.2 Å². The van der Waals surface area contributed by atoms with Crippen molar-refractivity contribution >= 4 is 16.8 Å². The predicted molar refractivity (Wildman–Crippen MR) is 89.6 cm³/mol. The number of nitrogens with one attached hydrogen (secondary N) is 2. The number of aromatic nitrogens is 1. The first-order chi connectivity index (χ1) is 11.0. The predicted octanol–water partition coefficient (Wildman–Crippen LogP) is 3.90. The van der Waals surface area contributed by atoms with Crippen molar-refractivity contribution in [1.29, 1.82) is 0 Å². The summed E-state index contributed by atoms with van der Waals surface area (Å²) in [5.41, 5.74) is 2.30. The molecule has 3 rings (SSSR count). The summed E-state index contributed by atoms with van der Waals surface area (Å²) in [4.78, 5) is 15.6. The van der Waals surface area contributed by atoms with Crippen LogP contribution in [0.1, 0.15) is 25.0 Å². The van der Waals surface area contributed by atoms with Crippen LogP contribution in [-0.4, -0.2) is 10.9 Å². The Bertz CT molecular complexity index is 834. The highest BCUT2D eigenvalue weighted by Gasteiger charge is 2.23. The number of para-hydroxylation sites is 1. The van der Waals surface area contributed by atoms with E-state index in [-0.39, 0.29) is 11.7 Å². The number of amides is 1. The zero-order chi connectivity index (χ0) is 16.4. The molecule has 0 atom stereocenters. The molecule has 1 aromatic heterocycles. The highest BCUT2D eigenvalue weighted by atomic mass is 19.1. The lowest BCUT2D eigenvalue weighted by atomic mass is 9.94. The molecule has 0 fully saturated rings. The number of carbonyl (C=O) groups excluding carboxylic acids is 1. The highest BCUT2D eigenvalue weighted by molar-refractivity contribution is 5.89. The second-order valence-corrected chi connectivity index (χ2v) is 6.22. The van der Waals surface area contributed by atoms with Crippen LogP contribution in [0.5, 0.6) is 0 Å². The van der Waals surface area contributed by atoms with E-state index in [0.717, 1.165) is 22.0 Å². The number of benzene rings is 2. The van der Waals surface area contributed by atoms with Crippen LogP contribution in [0.3, 0.4) is 0 Å². The lowest BCUT2D eigenvalue weighted by Crippen LogP contribution is -2.41. The van der Waals surface area contributed by atoms with E-state index >= 15 is 0 Å². The van der Waals surface area contributed by atoms with Gasteiger partial charge in [0.1, 0.15) is 5.82 Å². The zero-order valence-electron chi connectivity index (χ0n) is 13.2. The van der Waals surface area contributed by atoms with Gasteiger partial charge in [0.2, 0.25) is 5.91 Å². The number of H-pyrrole nitrogens is 1. The van der Waals surface area contributed by atoms with Gasteiger partial charge in [0.05, 0.1) is 12.0 Å². The van der Waals surface area contributed by atoms with Gasteiger partial charge >= 0.3 is 0 Å². The molecule has 0 spiro atoms. The molecule has 3 nitrogen and oxygen atoms in total. The number of fused-ring (bicyclic) bond motifs is 1. The van der Waals surface area contributed by atoms with Crippen LogP contribution < -0.4 is 5.32 Å². The molecule has 0 aliphatic heterocycles. The molecule has 0 saturated carbocycles. The normalized spacial score (nSPS) is 11.6. The quantitative estimate of drug-likeness (QED) is 0.754. The number of halogens is 1. The number of carbonyl (C=O) groups is 1. The molecule has 0 unspecified atom stereocenters. The maximum absolute atomic E-state index is 13.0. The van der Waals surface area contributed by atoms with Gasteiger partial charge in [-0.15, -0.1) is 0 Å². The molecule has 0 aliphatic rings. The van der Waals surface area contributed by atoms with Crippen molar-refractivity contribution in [2.75, 3.05) is 0 Å². The van der Waals surface area contributed by atoms with Gasteiger partial charge in [-0.25, -0.2) is 4.39 Å². The third kappa shape index (κ3) is 3.26. The van der Waals surface area contributed by atoms with Crippen molar-refractivity contribution in [2.45, 2.75) is 25.8 Å². The molecule has 23 heavy (non-hydrogen) atoms. The fraction of sp³-hybridized carbons (Fsp3) is 0.211. The van der Waals surface area contributed by atoms with Crippen molar-refractivity contribution < 1.29 is 9.18 Å². The summed E-state index contributed by atoms with van der Waals surface area (Å²) in [7, 11) is 0. The fourth-order valence-electron chi connectivity index (χ4n) is 2.78. The van der Waals surface area contributed by atoms with E-state index in [2.05, 4.69) is 10.3 Å². The molecule has 1 heterocycles. The molecule has 0 saturated heterocycles. The van der Waals surface area contributed by atoms with Gasteiger partial charge in [0.15, 0.2) is 0 Å². The van der Waals surface area contributed by atoms with E-state index < -0.39 is 5.54 Å². The first-order valence-electron chi connectivity index (χ1n) is 7.58. The summed E-state index contributed by atoms with van der Waals surface area (Å²) in [6.07, 6.45) is 2.17. The number of hydrogen-bond donors (Lipinski definition) is 2. The van der Waals surface area contributed by atoms with Gasteiger partial charge in [0, 0.05) is 17.1 Å². The number of aromatic amines is 1. The largest absolute Gasteiger partial charge is 0.361 e. The third-order valence-corrected chi connectivity index (χ3v) is 4.04. The highest BCUT2D eigenvalue weighted by Crippen LogP contribution is 2.22. The Labute approximate surface area is 134 Å². The first kappa shape index (κ1) is 15.3.